The summed E-state index contributed by atoms with van der Waals surface area (Å²) in [7, 11) is 0. The van der Waals surface area contributed by atoms with E-state index in [1.807, 2.05) is 5.32 Å². The van der Waals surface area contributed by atoms with Gasteiger partial charge in [0.15, 0.2) is 6.04 Å². The maximum atomic E-state index is 12.3. The molecule has 1 rings (SSSR count). The molecule has 12 heteroatoms. The second kappa shape index (κ2) is 12.2. The van der Waals surface area contributed by atoms with Gasteiger partial charge in [0.1, 0.15) is 6.04 Å². The van der Waals surface area contributed by atoms with Crippen molar-refractivity contribution in [1.82, 2.24) is 16.0 Å². The highest BCUT2D eigenvalue weighted by atomic mass is 16.4. The fourth-order valence-corrected chi connectivity index (χ4v) is 2.53. The Morgan fingerprint density at radius 2 is 1.61 bits per heavy atom. The first-order valence-corrected chi connectivity index (χ1v) is 9.30. The van der Waals surface area contributed by atoms with Gasteiger partial charge < -0.3 is 37.0 Å². The molecule has 4 unspecified atom stereocenters. The standard InChI is InChI=1S/C19H26N4O8/c1-10(24)16(19(30)31)23-14(25)9-21-18(29)13(8-15(26)27)22-17(28)12(20)7-11-5-3-2-4-6-11/h2-6,10,12-13,16,24H,7-9,20H2,1H3,(H,21,29)(H,22,28)(H,23,25)(H,26,27)(H,30,31). The Labute approximate surface area is 177 Å². The third-order valence-corrected chi connectivity index (χ3v) is 4.14. The van der Waals surface area contributed by atoms with Crippen molar-refractivity contribution in [3.8, 4) is 0 Å². The lowest BCUT2D eigenvalue weighted by Gasteiger charge is -2.20. The minimum atomic E-state index is -1.59. The zero-order valence-electron chi connectivity index (χ0n) is 16.8. The summed E-state index contributed by atoms with van der Waals surface area (Å²) < 4.78 is 0. The van der Waals surface area contributed by atoms with Gasteiger partial charge in [-0.3, -0.25) is 19.2 Å². The van der Waals surface area contributed by atoms with Crippen LogP contribution in [0.15, 0.2) is 30.3 Å². The fourth-order valence-electron chi connectivity index (χ4n) is 2.53. The van der Waals surface area contributed by atoms with Crippen LogP contribution < -0.4 is 21.7 Å². The highest BCUT2D eigenvalue weighted by Gasteiger charge is 2.28. The van der Waals surface area contributed by atoms with Crippen LogP contribution in [0.3, 0.4) is 0 Å². The molecule has 0 aliphatic rings. The Morgan fingerprint density at radius 1 is 1.00 bits per heavy atom. The number of benzene rings is 1. The number of hydrogen-bond donors (Lipinski definition) is 7. The van der Waals surface area contributed by atoms with Crippen LogP contribution in [0.25, 0.3) is 0 Å². The zero-order valence-corrected chi connectivity index (χ0v) is 16.8. The molecule has 12 nitrogen and oxygen atoms in total. The molecule has 31 heavy (non-hydrogen) atoms. The van der Waals surface area contributed by atoms with Gasteiger partial charge in [0.25, 0.3) is 0 Å². The third-order valence-electron chi connectivity index (χ3n) is 4.14. The molecule has 1 aromatic rings. The number of nitrogens with one attached hydrogen (secondary N) is 3. The first kappa shape index (κ1) is 25.5. The number of carbonyl (C=O) groups is 5. The summed E-state index contributed by atoms with van der Waals surface area (Å²) in [6, 6.07) is 4.68. The number of aliphatic hydroxyl groups excluding tert-OH is 1. The van der Waals surface area contributed by atoms with Gasteiger partial charge in [-0.05, 0) is 18.9 Å². The van der Waals surface area contributed by atoms with Gasteiger partial charge in [-0.1, -0.05) is 30.3 Å². The number of carboxylic acids is 2. The van der Waals surface area contributed by atoms with E-state index in [0.717, 1.165) is 12.5 Å². The zero-order chi connectivity index (χ0) is 23.6. The summed E-state index contributed by atoms with van der Waals surface area (Å²) in [5.74, 6) is -5.50. The molecule has 1 aromatic carbocycles. The Bertz CT molecular complexity index is 799. The van der Waals surface area contributed by atoms with Crippen molar-refractivity contribution in [3.63, 3.8) is 0 Å². The molecule has 0 saturated heterocycles. The average Bonchev–Trinajstić information content (AvgIpc) is 2.69. The van der Waals surface area contributed by atoms with Crippen LogP contribution in [0.2, 0.25) is 0 Å². The molecule has 0 heterocycles. The highest BCUT2D eigenvalue weighted by Crippen LogP contribution is 2.03. The molecule has 8 N–H and O–H groups in total. The van der Waals surface area contributed by atoms with E-state index in [4.69, 9.17) is 15.9 Å². The largest absolute Gasteiger partial charge is 0.481 e. The normalized spacial score (nSPS) is 14.4. The molecule has 0 spiro atoms. The summed E-state index contributed by atoms with van der Waals surface area (Å²) in [6.07, 6.45) is -1.99. The molecule has 0 bridgehead atoms. The molecule has 170 valence electrons. The quantitative estimate of drug-likeness (QED) is 0.185. The van der Waals surface area contributed by atoms with Gasteiger partial charge in [-0.25, -0.2) is 4.79 Å². The topological polar surface area (TPSA) is 208 Å². The number of rotatable bonds is 12. The first-order chi connectivity index (χ1) is 14.5. The van der Waals surface area contributed by atoms with E-state index < -0.39 is 66.9 Å². The maximum absolute atomic E-state index is 12.3. The second-order valence-corrected chi connectivity index (χ2v) is 6.80. The minimum absolute atomic E-state index is 0.159. The number of aliphatic carboxylic acids is 2. The summed E-state index contributed by atoms with van der Waals surface area (Å²) in [5, 5.41) is 33.7. The monoisotopic (exact) mass is 438 g/mol. The van der Waals surface area contributed by atoms with Gasteiger partial charge in [0.05, 0.1) is 25.1 Å². The minimum Gasteiger partial charge on any atom is -0.481 e. The van der Waals surface area contributed by atoms with E-state index in [1.54, 1.807) is 30.3 Å². The van der Waals surface area contributed by atoms with Gasteiger partial charge >= 0.3 is 11.9 Å². The highest BCUT2D eigenvalue weighted by molar-refractivity contribution is 5.94. The smallest absolute Gasteiger partial charge is 0.328 e. The fraction of sp³-hybridized carbons (Fsp3) is 0.421. The van der Waals surface area contributed by atoms with Crippen LogP contribution in [-0.4, -0.2) is 75.8 Å². The van der Waals surface area contributed by atoms with Gasteiger partial charge in [0, 0.05) is 0 Å². The number of hydrogen-bond acceptors (Lipinski definition) is 7. The molecular weight excluding hydrogens is 412 g/mol. The van der Waals surface area contributed by atoms with Crippen LogP contribution in [0.5, 0.6) is 0 Å². The number of carbonyl (C=O) groups excluding carboxylic acids is 3. The number of aliphatic hydroxyl groups is 1. The van der Waals surface area contributed by atoms with E-state index in [9.17, 15) is 29.1 Å². The number of nitrogens with two attached hydrogens (primary N) is 1. The van der Waals surface area contributed by atoms with E-state index in [2.05, 4.69) is 10.6 Å². The van der Waals surface area contributed by atoms with E-state index in [-0.39, 0.29) is 6.42 Å². The van der Waals surface area contributed by atoms with Crippen molar-refractivity contribution >= 4 is 29.7 Å². The molecule has 0 fully saturated rings. The molecule has 4 atom stereocenters. The summed E-state index contributed by atoms with van der Waals surface area (Å²) in [6.45, 7) is 0.464. The van der Waals surface area contributed by atoms with Gasteiger partial charge in [-0.2, -0.15) is 0 Å². The summed E-state index contributed by atoms with van der Waals surface area (Å²) >= 11 is 0. The summed E-state index contributed by atoms with van der Waals surface area (Å²) in [4.78, 5) is 58.4. The molecule has 0 aliphatic heterocycles. The van der Waals surface area contributed by atoms with Crippen LogP contribution in [-0.2, 0) is 30.4 Å². The second-order valence-electron chi connectivity index (χ2n) is 6.80. The van der Waals surface area contributed by atoms with Crippen molar-refractivity contribution in [1.29, 1.82) is 0 Å². The molecule has 0 radical (unpaired) electrons. The van der Waals surface area contributed by atoms with Crippen molar-refractivity contribution < 1.29 is 39.3 Å². The van der Waals surface area contributed by atoms with Crippen LogP contribution >= 0.6 is 0 Å². The van der Waals surface area contributed by atoms with Crippen LogP contribution in [0.1, 0.15) is 18.9 Å². The van der Waals surface area contributed by atoms with Crippen LogP contribution in [0, 0.1) is 0 Å². The Morgan fingerprint density at radius 3 is 2.13 bits per heavy atom. The predicted octanol–water partition coefficient (Wildman–Crippen LogP) is -2.42. The molecule has 3 amide bonds. The lowest BCUT2D eigenvalue weighted by atomic mass is 10.1. The molecule has 0 saturated carbocycles. The Hall–Kier alpha value is -3.51. The third kappa shape index (κ3) is 9.23. The molecule has 0 aliphatic carbocycles. The molecular formula is C19H26N4O8. The first-order valence-electron chi connectivity index (χ1n) is 9.30. The van der Waals surface area contributed by atoms with E-state index >= 15 is 0 Å². The van der Waals surface area contributed by atoms with E-state index in [0.29, 0.717) is 0 Å². The van der Waals surface area contributed by atoms with Crippen molar-refractivity contribution in [3.05, 3.63) is 35.9 Å². The van der Waals surface area contributed by atoms with Gasteiger partial charge in [-0.15, -0.1) is 0 Å². The van der Waals surface area contributed by atoms with E-state index in [1.165, 1.54) is 0 Å². The Kier molecular flexibility index (Phi) is 10.1. The number of carboxylic acid groups (broad SMARTS) is 2. The Balaban J connectivity index is 2.67. The average molecular weight is 438 g/mol. The van der Waals surface area contributed by atoms with Crippen molar-refractivity contribution in [2.24, 2.45) is 5.73 Å². The van der Waals surface area contributed by atoms with Crippen molar-refractivity contribution in [2.45, 2.75) is 44.0 Å². The summed E-state index contributed by atoms with van der Waals surface area (Å²) in [5.41, 5.74) is 6.60. The molecule has 0 aromatic heterocycles. The lowest BCUT2D eigenvalue weighted by molar-refractivity contribution is -0.145. The maximum Gasteiger partial charge on any atom is 0.328 e. The number of amides is 3. The van der Waals surface area contributed by atoms with Crippen LogP contribution in [0.4, 0.5) is 0 Å². The SMILES string of the molecule is CC(O)C(NC(=O)CNC(=O)C(CC(=O)O)NC(=O)C(N)Cc1ccccc1)C(=O)O. The van der Waals surface area contributed by atoms with Crippen molar-refractivity contribution in [2.75, 3.05) is 6.54 Å². The van der Waals surface area contributed by atoms with Gasteiger partial charge in [0.2, 0.25) is 17.7 Å². The predicted molar refractivity (Wildman–Crippen MR) is 107 cm³/mol. The lowest BCUT2D eigenvalue weighted by Crippen LogP contribution is -2.55.